The van der Waals surface area contributed by atoms with Gasteiger partial charge in [-0.25, -0.2) is 0 Å². The van der Waals surface area contributed by atoms with E-state index in [4.69, 9.17) is 5.41 Å². The zero-order valence-corrected chi connectivity index (χ0v) is 15.0. The van der Waals surface area contributed by atoms with Crippen molar-refractivity contribution < 1.29 is 52.7 Å². The van der Waals surface area contributed by atoms with Crippen molar-refractivity contribution in [3.05, 3.63) is 58.7 Å². The minimum Gasteiger partial charge on any atom is -0.326 e. The van der Waals surface area contributed by atoms with Crippen LogP contribution in [0.1, 0.15) is 22.3 Å². The lowest BCUT2D eigenvalue weighted by Crippen LogP contribution is -2.22. The van der Waals surface area contributed by atoms with Crippen molar-refractivity contribution in [2.45, 2.75) is 24.7 Å². The summed E-state index contributed by atoms with van der Waals surface area (Å²) in [5.41, 5.74) is -8.87. The largest absolute Gasteiger partial charge is 0.416 e. The molecule has 0 amide bonds. The van der Waals surface area contributed by atoms with Gasteiger partial charge in [0, 0.05) is 11.4 Å². The maximum Gasteiger partial charge on any atom is 0.416 e. The fourth-order valence-corrected chi connectivity index (χ4v) is 2.37. The van der Waals surface area contributed by atoms with Gasteiger partial charge in [-0.1, -0.05) is 0 Å². The molecule has 0 aliphatic heterocycles. The number of alkyl halides is 12. The SMILES string of the molecule is N=C(Nc1cc(C(F)(F)F)cc(C(F)(F)F)c1)Nc1cc(C(F)(F)F)cc(C(F)(F)F)c1. The minimum atomic E-state index is -5.21. The molecule has 0 heterocycles. The van der Waals surface area contributed by atoms with Crippen LogP contribution in [0.25, 0.3) is 0 Å². The van der Waals surface area contributed by atoms with E-state index >= 15 is 0 Å². The molecule has 0 saturated heterocycles. The normalized spacial score (nSPS) is 13.1. The highest BCUT2D eigenvalue weighted by atomic mass is 19.4. The molecule has 2 aromatic rings. The van der Waals surface area contributed by atoms with Crippen LogP contribution in [0.5, 0.6) is 0 Å². The summed E-state index contributed by atoms with van der Waals surface area (Å²) in [6.45, 7) is 0. The second-order valence-electron chi connectivity index (χ2n) is 6.21. The van der Waals surface area contributed by atoms with Crippen molar-refractivity contribution in [2.75, 3.05) is 10.6 Å². The second-order valence-corrected chi connectivity index (χ2v) is 6.21. The smallest absolute Gasteiger partial charge is 0.326 e. The minimum absolute atomic E-state index is 0.179. The first-order chi connectivity index (χ1) is 14.3. The van der Waals surface area contributed by atoms with Crippen molar-refractivity contribution in [1.82, 2.24) is 0 Å². The van der Waals surface area contributed by atoms with Crippen molar-refractivity contribution in [3.63, 3.8) is 0 Å². The van der Waals surface area contributed by atoms with Gasteiger partial charge in [0.25, 0.3) is 0 Å². The zero-order valence-electron chi connectivity index (χ0n) is 15.0. The van der Waals surface area contributed by atoms with E-state index in [-0.39, 0.29) is 36.4 Å². The Bertz CT molecular complexity index is 856. The first-order valence-electron chi connectivity index (χ1n) is 7.98. The predicted molar refractivity (Wildman–Crippen MR) is 87.9 cm³/mol. The van der Waals surface area contributed by atoms with Crippen LogP contribution in [0.3, 0.4) is 0 Å². The maximum atomic E-state index is 12.9. The molecule has 0 bridgehead atoms. The van der Waals surface area contributed by atoms with Crippen LogP contribution in [-0.4, -0.2) is 5.96 Å². The van der Waals surface area contributed by atoms with Gasteiger partial charge in [-0.3, -0.25) is 5.41 Å². The van der Waals surface area contributed by atoms with Crippen molar-refractivity contribution in [2.24, 2.45) is 0 Å². The van der Waals surface area contributed by atoms with Gasteiger partial charge < -0.3 is 10.6 Å². The van der Waals surface area contributed by atoms with Crippen LogP contribution in [0, 0.1) is 5.41 Å². The third-order valence-electron chi connectivity index (χ3n) is 3.71. The summed E-state index contributed by atoms with van der Waals surface area (Å²) in [5, 5.41) is 11.0. The molecule has 0 saturated carbocycles. The van der Waals surface area contributed by atoms with Gasteiger partial charge in [0.05, 0.1) is 22.3 Å². The number of halogens is 12. The Morgan fingerprint density at radius 2 is 0.688 bits per heavy atom. The summed E-state index contributed by atoms with van der Waals surface area (Å²) in [6, 6.07) is 0.310. The first-order valence-corrected chi connectivity index (χ1v) is 7.98. The Balaban J connectivity index is 2.39. The summed E-state index contributed by atoms with van der Waals surface area (Å²) in [6.07, 6.45) is -20.8. The van der Waals surface area contributed by atoms with E-state index in [0.29, 0.717) is 0 Å². The number of hydrogen-bond acceptors (Lipinski definition) is 1. The van der Waals surface area contributed by atoms with Gasteiger partial charge in [-0.15, -0.1) is 0 Å². The molecule has 3 nitrogen and oxygen atoms in total. The number of hydrogen-bond donors (Lipinski definition) is 3. The standard InChI is InChI=1S/C17H9F12N3/c18-14(19,20)7-1-8(15(21,22)23)4-11(3-7)31-13(30)32-12-5-9(16(24,25)26)2-10(6-12)17(27,28)29/h1-6H,(H3,30,31,32). The van der Waals surface area contributed by atoms with Crippen molar-refractivity contribution in [3.8, 4) is 0 Å². The Hall–Kier alpha value is -3.13. The molecule has 0 unspecified atom stereocenters. The lowest BCUT2D eigenvalue weighted by molar-refractivity contribution is -0.144. The fraction of sp³-hybridized carbons (Fsp3) is 0.235. The molecule has 0 aliphatic rings. The third kappa shape index (κ3) is 6.43. The predicted octanol–water partition coefficient (Wildman–Crippen LogP) is 7.22. The second kappa shape index (κ2) is 8.09. The number of anilines is 2. The fourth-order valence-electron chi connectivity index (χ4n) is 2.37. The topological polar surface area (TPSA) is 47.9 Å². The van der Waals surface area contributed by atoms with Crippen LogP contribution in [0.2, 0.25) is 0 Å². The Kier molecular flexibility index (Phi) is 6.35. The summed E-state index contributed by atoms with van der Waals surface area (Å²) < 4.78 is 154. The highest BCUT2D eigenvalue weighted by Gasteiger charge is 2.38. The molecule has 0 fully saturated rings. The molecule has 15 heteroatoms. The highest BCUT2D eigenvalue weighted by Crippen LogP contribution is 2.39. The van der Waals surface area contributed by atoms with Gasteiger partial charge in [-0.2, -0.15) is 52.7 Å². The molecule has 0 aliphatic carbocycles. The van der Waals surface area contributed by atoms with E-state index in [2.05, 4.69) is 0 Å². The first kappa shape index (κ1) is 25.1. The zero-order chi connectivity index (χ0) is 24.7. The van der Waals surface area contributed by atoms with Gasteiger partial charge in [-0.05, 0) is 36.4 Å². The van der Waals surface area contributed by atoms with Gasteiger partial charge >= 0.3 is 24.7 Å². The van der Waals surface area contributed by atoms with E-state index in [1.165, 1.54) is 0 Å². The van der Waals surface area contributed by atoms with Gasteiger partial charge in [0.15, 0.2) is 5.96 Å². The van der Waals surface area contributed by atoms with Crippen LogP contribution in [0.4, 0.5) is 64.1 Å². The molecule has 176 valence electrons. The molecule has 0 spiro atoms. The van der Waals surface area contributed by atoms with Crippen molar-refractivity contribution >= 4 is 17.3 Å². The Labute approximate surface area is 170 Å². The number of benzene rings is 2. The molecule has 2 aromatic carbocycles. The maximum absolute atomic E-state index is 12.9. The summed E-state index contributed by atoms with van der Waals surface area (Å²) in [4.78, 5) is 0. The Morgan fingerprint density at radius 1 is 0.469 bits per heavy atom. The Morgan fingerprint density at radius 3 is 0.875 bits per heavy atom. The molecule has 0 radical (unpaired) electrons. The lowest BCUT2D eigenvalue weighted by atomic mass is 10.1. The van der Waals surface area contributed by atoms with Crippen LogP contribution >= 0.6 is 0 Å². The van der Waals surface area contributed by atoms with Crippen LogP contribution < -0.4 is 10.6 Å². The molecular formula is C17H9F12N3. The average molecular weight is 483 g/mol. The molecule has 0 aromatic heterocycles. The van der Waals surface area contributed by atoms with E-state index in [9.17, 15) is 52.7 Å². The van der Waals surface area contributed by atoms with E-state index < -0.39 is 64.3 Å². The van der Waals surface area contributed by atoms with Crippen molar-refractivity contribution in [1.29, 1.82) is 5.41 Å². The molecule has 3 N–H and O–H groups in total. The molecular weight excluding hydrogens is 474 g/mol. The van der Waals surface area contributed by atoms with Gasteiger partial charge in [0.1, 0.15) is 0 Å². The van der Waals surface area contributed by atoms with Crippen LogP contribution in [0.15, 0.2) is 36.4 Å². The number of guanidine groups is 1. The quantitative estimate of drug-likeness (QED) is 0.240. The van der Waals surface area contributed by atoms with E-state index in [1.54, 1.807) is 10.6 Å². The van der Waals surface area contributed by atoms with E-state index in [0.717, 1.165) is 0 Å². The number of nitrogens with one attached hydrogen (secondary N) is 3. The number of rotatable bonds is 2. The summed E-state index contributed by atoms with van der Waals surface area (Å²) in [5.74, 6) is -1.19. The summed E-state index contributed by atoms with van der Waals surface area (Å²) in [7, 11) is 0. The molecule has 2 rings (SSSR count). The van der Waals surface area contributed by atoms with E-state index in [1.807, 2.05) is 0 Å². The highest BCUT2D eigenvalue weighted by molar-refractivity contribution is 6.01. The van der Waals surface area contributed by atoms with Gasteiger partial charge in [0.2, 0.25) is 0 Å². The third-order valence-corrected chi connectivity index (χ3v) is 3.71. The lowest BCUT2D eigenvalue weighted by Gasteiger charge is -2.17. The van der Waals surface area contributed by atoms with Crippen LogP contribution in [-0.2, 0) is 24.7 Å². The molecule has 32 heavy (non-hydrogen) atoms. The summed E-state index contributed by atoms with van der Waals surface area (Å²) >= 11 is 0. The molecule has 0 atom stereocenters. The monoisotopic (exact) mass is 483 g/mol. The average Bonchev–Trinajstić information content (AvgIpc) is 2.58.